The van der Waals surface area contributed by atoms with E-state index in [0.29, 0.717) is 13.2 Å². The number of hydrogen-bond acceptors (Lipinski definition) is 4. The van der Waals surface area contributed by atoms with Crippen LogP contribution in [0.3, 0.4) is 0 Å². The highest BCUT2D eigenvalue weighted by molar-refractivity contribution is 9.10. The molecule has 0 atom stereocenters. The van der Waals surface area contributed by atoms with Gasteiger partial charge in [-0.05, 0) is 24.3 Å². The molecule has 0 unspecified atom stereocenters. The van der Waals surface area contributed by atoms with Crippen LogP contribution in [0, 0.1) is 0 Å². The van der Waals surface area contributed by atoms with Gasteiger partial charge in [0, 0.05) is 30.5 Å². The van der Waals surface area contributed by atoms with Crippen molar-refractivity contribution in [2.24, 2.45) is 0 Å². The first-order valence-corrected chi connectivity index (χ1v) is 7.67. The lowest BCUT2D eigenvalue weighted by Gasteiger charge is -2.10. The maximum Gasteiger partial charge on any atom is 0.122 e. The molecule has 0 spiro atoms. The summed E-state index contributed by atoms with van der Waals surface area (Å²) >= 11 is 3.41. The molecule has 0 saturated carbocycles. The van der Waals surface area contributed by atoms with Crippen LogP contribution < -0.4 is 10.1 Å². The van der Waals surface area contributed by atoms with Gasteiger partial charge in [-0.2, -0.15) is 0 Å². The number of ether oxygens (including phenoxy) is 2. The lowest BCUT2D eigenvalue weighted by Crippen LogP contribution is -2.21. The van der Waals surface area contributed by atoms with E-state index in [4.69, 9.17) is 9.47 Å². The van der Waals surface area contributed by atoms with Crippen molar-refractivity contribution in [2.45, 2.75) is 13.1 Å². The Balaban J connectivity index is 1.75. The van der Waals surface area contributed by atoms with E-state index >= 15 is 0 Å². The number of hydrogen-bond donors (Lipinski definition) is 1. The van der Waals surface area contributed by atoms with E-state index in [9.17, 15) is 0 Å². The van der Waals surface area contributed by atoms with E-state index in [1.807, 2.05) is 36.7 Å². The zero-order valence-corrected chi connectivity index (χ0v) is 13.7. The van der Waals surface area contributed by atoms with Gasteiger partial charge in [0.05, 0.1) is 19.7 Å². The predicted octanol–water partition coefficient (Wildman–Crippen LogP) is 2.46. The average Bonchev–Trinajstić information content (AvgIpc) is 2.93. The molecule has 0 bridgehead atoms. The molecule has 0 aliphatic rings. The van der Waals surface area contributed by atoms with Gasteiger partial charge in [-0.1, -0.05) is 15.9 Å². The van der Waals surface area contributed by atoms with Crippen LogP contribution in [0.4, 0.5) is 0 Å². The molecule has 5 nitrogen and oxygen atoms in total. The van der Waals surface area contributed by atoms with Crippen LogP contribution in [0.2, 0.25) is 0 Å². The van der Waals surface area contributed by atoms with Crippen LogP contribution in [-0.2, 0) is 17.8 Å². The van der Waals surface area contributed by atoms with Gasteiger partial charge in [-0.15, -0.1) is 0 Å². The fraction of sp³-hybridized carbons (Fsp3) is 0.400. The van der Waals surface area contributed by atoms with Crippen LogP contribution in [-0.4, -0.2) is 36.4 Å². The first-order valence-electron chi connectivity index (χ1n) is 6.87. The molecular weight excluding hydrogens is 334 g/mol. The third-order valence-electron chi connectivity index (χ3n) is 2.98. The first-order chi connectivity index (χ1) is 10.3. The van der Waals surface area contributed by atoms with Gasteiger partial charge in [0.1, 0.15) is 18.2 Å². The molecule has 0 fully saturated rings. The Hall–Kier alpha value is -1.37. The second kappa shape index (κ2) is 8.81. The van der Waals surface area contributed by atoms with Crippen LogP contribution >= 0.6 is 15.9 Å². The summed E-state index contributed by atoms with van der Waals surface area (Å²) in [5.41, 5.74) is 0. The summed E-state index contributed by atoms with van der Waals surface area (Å²) in [7, 11) is 1.70. The average molecular weight is 354 g/mol. The van der Waals surface area contributed by atoms with Crippen molar-refractivity contribution < 1.29 is 9.47 Å². The molecule has 0 amide bonds. The maximum absolute atomic E-state index is 5.72. The second-order valence-corrected chi connectivity index (χ2v) is 5.42. The normalized spacial score (nSPS) is 10.8. The summed E-state index contributed by atoms with van der Waals surface area (Å²) in [4.78, 5) is 4.35. The predicted molar refractivity (Wildman–Crippen MR) is 85.4 cm³/mol. The van der Waals surface area contributed by atoms with E-state index in [1.165, 1.54) is 0 Å². The SMILES string of the molecule is COCCNCc1nccn1CCOc1ccc(Br)cc1. The minimum absolute atomic E-state index is 0.614. The van der Waals surface area contributed by atoms with Crippen LogP contribution in [0.1, 0.15) is 5.82 Å². The number of nitrogens with zero attached hydrogens (tertiary/aromatic N) is 2. The number of imidazole rings is 1. The van der Waals surface area contributed by atoms with Crippen molar-refractivity contribution in [1.82, 2.24) is 14.9 Å². The van der Waals surface area contributed by atoms with Crippen molar-refractivity contribution in [2.75, 3.05) is 26.9 Å². The van der Waals surface area contributed by atoms with Crippen molar-refractivity contribution in [1.29, 1.82) is 0 Å². The summed E-state index contributed by atoms with van der Waals surface area (Å²) in [5, 5.41) is 3.29. The molecule has 1 aromatic carbocycles. The highest BCUT2D eigenvalue weighted by Crippen LogP contribution is 2.16. The molecule has 6 heteroatoms. The molecule has 2 rings (SSSR count). The topological polar surface area (TPSA) is 48.3 Å². The van der Waals surface area contributed by atoms with Crippen LogP contribution in [0.5, 0.6) is 5.75 Å². The Kier molecular flexibility index (Phi) is 6.72. The Morgan fingerprint density at radius 1 is 1.24 bits per heavy atom. The summed E-state index contributed by atoms with van der Waals surface area (Å²) in [6, 6.07) is 7.84. The number of nitrogens with one attached hydrogen (secondary N) is 1. The van der Waals surface area contributed by atoms with E-state index in [1.54, 1.807) is 7.11 Å². The third kappa shape index (κ3) is 5.49. The fourth-order valence-corrected chi connectivity index (χ4v) is 2.14. The molecule has 1 N–H and O–H groups in total. The van der Waals surface area contributed by atoms with Gasteiger partial charge in [0.2, 0.25) is 0 Å². The molecule has 0 aliphatic heterocycles. The smallest absolute Gasteiger partial charge is 0.122 e. The zero-order chi connectivity index (χ0) is 14.9. The molecule has 114 valence electrons. The van der Waals surface area contributed by atoms with Crippen molar-refractivity contribution >= 4 is 15.9 Å². The Morgan fingerprint density at radius 2 is 2.05 bits per heavy atom. The Morgan fingerprint density at radius 3 is 2.81 bits per heavy atom. The van der Waals surface area contributed by atoms with Crippen LogP contribution in [0.15, 0.2) is 41.1 Å². The number of halogens is 1. The molecule has 2 aromatic rings. The molecular formula is C15H20BrN3O2. The number of aromatic nitrogens is 2. The Bertz CT molecular complexity index is 528. The highest BCUT2D eigenvalue weighted by Gasteiger charge is 2.02. The molecule has 0 aliphatic carbocycles. The lowest BCUT2D eigenvalue weighted by molar-refractivity contribution is 0.198. The van der Waals surface area contributed by atoms with Gasteiger partial charge in [0.25, 0.3) is 0 Å². The van der Waals surface area contributed by atoms with E-state index in [-0.39, 0.29) is 0 Å². The molecule has 21 heavy (non-hydrogen) atoms. The summed E-state index contributed by atoms with van der Waals surface area (Å²) < 4.78 is 13.9. The third-order valence-corrected chi connectivity index (χ3v) is 3.51. The molecule has 1 heterocycles. The number of rotatable bonds is 9. The zero-order valence-electron chi connectivity index (χ0n) is 12.1. The standard InChI is InChI=1S/C15H20BrN3O2/c1-20-10-7-17-12-15-18-6-8-19(15)9-11-21-14-4-2-13(16)3-5-14/h2-6,8,17H,7,9-12H2,1H3. The van der Waals surface area contributed by atoms with Crippen LogP contribution in [0.25, 0.3) is 0 Å². The minimum atomic E-state index is 0.614. The summed E-state index contributed by atoms with van der Waals surface area (Å²) in [6.45, 7) is 3.64. The number of methoxy groups -OCH3 is 1. The van der Waals surface area contributed by atoms with Crippen molar-refractivity contribution in [3.63, 3.8) is 0 Å². The van der Waals surface area contributed by atoms with E-state index < -0.39 is 0 Å². The summed E-state index contributed by atoms with van der Waals surface area (Å²) in [6.07, 6.45) is 3.78. The van der Waals surface area contributed by atoms with Crippen molar-refractivity contribution in [3.8, 4) is 5.75 Å². The lowest BCUT2D eigenvalue weighted by atomic mass is 10.3. The van der Waals surface area contributed by atoms with Gasteiger partial charge in [-0.3, -0.25) is 0 Å². The first kappa shape index (κ1) is 16.0. The molecule has 1 aromatic heterocycles. The largest absolute Gasteiger partial charge is 0.492 e. The summed E-state index contributed by atoms with van der Waals surface area (Å²) in [5.74, 6) is 1.88. The van der Waals surface area contributed by atoms with E-state index in [2.05, 4.69) is 30.8 Å². The maximum atomic E-state index is 5.72. The number of benzene rings is 1. The highest BCUT2D eigenvalue weighted by atomic mass is 79.9. The second-order valence-electron chi connectivity index (χ2n) is 4.51. The molecule has 0 saturated heterocycles. The van der Waals surface area contributed by atoms with Gasteiger partial charge in [0.15, 0.2) is 0 Å². The van der Waals surface area contributed by atoms with E-state index in [0.717, 1.165) is 35.7 Å². The van der Waals surface area contributed by atoms with Gasteiger partial charge in [-0.25, -0.2) is 4.98 Å². The van der Waals surface area contributed by atoms with Gasteiger partial charge >= 0.3 is 0 Å². The minimum Gasteiger partial charge on any atom is -0.492 e. The quantitative estimate of drug-likeness (QED) is 0.703. The Labute approximate surface area is 133 Å². The fourth-order valence-electron chi connectivity index (χ4n) is 1.88. The van der Waals surface area contributed by atoms with Crippen molar-refractivity contribution in [3.05, 3.63) is 47.0 Å². The van der Waals surface area contributed by atoms with Gasteiger partial charge < -0.3 is 19.4 Å². The molecule has 0 radical (unpaired) electrons. The monoisotopic (exact) mass is 353 g/mol.